The highest BCUT2D eigenvalue weighted by Crippen LogP contribution is 2.38. The fraction of sp³-hybridized carbons (Fsp3) is 0.769. The van der Waals surface area contributed by atoms with Crippen LogP contribution in [0.1, 0.15) is 57.7 Å². The summed E-state index contributed by atoms with van der Waals surface area (Å²) in [5, 5.41) is 0. The second-order valence-electron chi connectivity index (χ2n) is 5.56. The number of alkyl halides is 2. The van der Waals surface area contributed by atoms with Crippen molar-refractivity contribution in [2.24, 2.45) is 5.73 Å². The Kier molecular flexibility index (Phi) is 3.45. The summed E-state index contributed by atoms with van der Waals surface area (Å²) in [7, 11) is 0. The maximum absolute atomic E-state index is 13.1. The zero-order valence-corrected chi connectivity index (χ0v) is 11.0. The number of aromatic nitrogens is 2. The van der Waals surface area contributed by atoms with Crippen LogP contribution in [0, 0.1) is 0 Å². The van der Waals surface area contributed by atoms with Crippen LogP contribution >= 0.6 is 0 Å². The van der Waals surface area contributed by atoms with E-state index in [-0.39, 0.29) is 18.9 Å². The van der Waals surface area contributed by atoms with Crippen LogP contribution in [0.3, 0.4) is 0 Å². The lowest BCUT2D eigenvalue weighted by atomic mass is 9.92. The van der Waals surface area contributed by atoms with Crippen LogP contribution in [0.25, 0.3) is 0 Å². The van der Waals surface area contributed by atoms with Crippen molar-refractivity contribution in [3.8, 4) is 0 Å². The zero-order valence-electron chi connectivity index (χ0n) is 11.0. The molecule has 5 heteroatoms. The molecule has 0 radical (unpaired) electrons. The summed E-state index contributed by atoms with van der Waals surface area (Å²) in [4.78, 5) is 4.32. The average molecular weight is 257 g/mol. The highest BCUT2D eigenvalue weighted by Gasteiger charge is 2.35. The molecule has 2 rings (SSSR count). The normalized spacial score (nSPS) is 23.8. The van der Waals surface area contributed by atoms with Gasteiger partial charge < -0.3 is 10.3 Å². The van der Waals surface area contributed by atoms with Gasteiger partial charge in [0.25, 0.3) is 0 Å². The molecule has 0 aromatic carbocycles. The Morgan fingerprint density at radius 1 is 1.50 bits per heavy atom. The van der Waals surface area contributed by atoms with E-state index in [1.54, 1.807) is 6.33 Å². The van der Waals surface area contributed by atoms with Gasteiger partial charge in [-0.25, -0.2) is 13.8 Å². The molecule has 0 bridgehead atoms. The van der Waals surface area contributed by atoms with Crippen molar-refractivity contribution < 1.29 is 8.78 Å². The molecule has 1 aromatic rings. The van der Waals surface area contributed by atoms with Gasteiger partial charge in [0, 0.05) is 25.1 Å². The van der Waals surface area contributed by atoms with Crippen molar-refractivity contribution in [1.82, 2.24) is 9.55 Å². The summed E-state index contributed by atoms with van der Waals surface area (Å²) in [5.74, 6) is -2.48. The SMILES string of the molecule is CCC(C)(N)c1cn(C2CCC(F)(F)CC2)cn1. The topological polar surface area (TPSA) is 43.8 Å². The standard InChI is InChI=1S/C13H21F2N3/c1-3-12(2,16)11-8-18(9-17-11)10-4-6-13(14,15)7-5-10/h8-10H,3-7,16H2,1-2H3. The predicted molar refractivity (Wildman–Crippen MR) is 66.5 cm³/mol. The summed E-state index contributed by atoms with van der Waals surface area (Å²) < 4.78 is 28.1. The van der Waals surface area contributed by atoms with Gasteiger partial charge in [-0.2, -0.15) is 0 Å². The number of hydrogen-bond donors (Lipinski definition) is 1. The van der Waals surface area contributed by atoms with Crippen molar-refractivity contribution in [3.05, 3.63) is 18.2 Å². The molecule has 0 saturated heterocycles. The first-order valence-electron chi connectivity index (χ1n) is 6.55. The fourth-order valence-electron chi connectivity index (χ4n) is 2.34. The zero-order chi connectivity index (χ0) is 13.4. The van der Waals surface area contributed by atoms with Crippen molar-refractivity contribution in [1.29, 1.82) is 0 Å². The molecule has 102 valence electrons. The third-order valence-electron chi connectivity index (χ3n) is 4.03. The van der Waals surface area contributed by atoms with Gasteiger partial charge in [0.15, 0.2) is 0 Å². The first-order chi connectivity index (χ1) is 8.34. The number of nitrogens with zero attached hydrogens (tertiary/aromatic N) is 2. The third-order valence-corrected chi connectivity index (χ3v) is 4.03. The van der Waals surface area contributed by atoms with Crippen molar-refractivity contribution >= 4 is 0 Å². The number of rotatable bonds is 3. The summed E-state index contributed by atoms with van der Waals surface area (Å²) in [6, 6.07) is 0.138. The van der Waals surface area contributed by atoms with Crippen LogP contribution in [0.4, 0.5) is 8.78 Å². The van der Waals surface area contributed by atoms with E-state index >= 15 is 0 Å². The van der Waals surface area contributed by atoms with Crippen molar-refractivity contribution in [3.63, 3.8) is 0 Å². The monoisotopic (exact) mass is 257 g/mol. The highest BCUT2D eigenvalue weighted by atomic mass is 19.3. The summed E-state index contributed by atoms with van der Waals surface area (Å²) in [6.07, 6.45) is 5.40. The van der Waals surface area contributed by atoms with Crippen molar-refractivity contribution in [2.45, 2.75) is 63.5 Å². The largest absolute Gasteiger partial charge is 0.334 e. The molecule has 1 aromatic heterocycles. The minimum Gasteiger partial charge on any atom is -0.334 e. The van der Waals surface area contributed by atoms with E-state index in [0.717, 1.165) is 12.1 Å². The fourth-order valence-corrected chi connectivity index (χ4v) is 2.34. The molecule has 0 aliphatic heterocycles. The van der Waals surface area contributed by atoms with Gasteiger partial charge in [0.2, 0.25) is 5.92 Å². The number of hydrogen-bond acceptors (Lipinski definition) is 2. The van der Waals surface area contributed by atoms with E-state index in [0.29, 0.717) is 12.8 Å². The van der Waals surface area contributed by atoms with E-state index in [1.165, 1.54) is 0 Å². The first-order valence-corrected chi connectivity index (χ1v) is 6.55. The highest BCUT2D eigenvalue weighted by molar-refractivity contribution is 5.10. The smallest absolute Gasteiger partial charge is 0.248 e. The maximum Gasteiger partial charge on any atom is 0.248 e. The Hall–Kier alpha value is -0.970. The van der Waals surface area contributed by atoms with Crippen LogP contribution in [0.5, 0.6) is 0 Å². The molecule has 1 aliphatic rings. The minimum atomic E-state index is -2.48. The number of nitrogens with two attached hydrogens (primary N) is 1. The molecule has 3 nitrogen and oxygen atoms in total. The molecular formula is C13H21F2N3. The second kappa shape index (κ2) is 4.61. The second-order valence-corrected chi connectivity index (χ2v) is 5.56. The quantitative estimate of drug-likeness (QED) is 0.903. The maximum atomic E-state index is 13.1. The first kappa shape index (κ1) is 13.5. The van der Waals surface area contributed by atoms with E-state index in [1.807, 2.05) is 24.6 Å². The van der Waals surface area contributed by atoms with Gasteiger partial charge in [-0.15, -0.1) is 0 Å². The van der Waals surface area contributed by atoms with E-state index in [9.17, 15) is 8.78 Å². The Labute approximate surface area is 106 Å². The van der Waals surface area contributed by atoms with Crippen molar-refractivity contribution in [2.75, 3.05) is 0 Å². The van der Waals surface area contributed by atoms with Crippen LogP contribution in [-0.2, 0) is 5.54 Å². The van der Waals surface area contributed by atoms with Crippen LogP contribution in [-0.4, -0.2) is 15.5 Å². The lowest BCUT2D eigenvalue weighted by Crippen LogP contribution is -2.32. The number of imidazole rings is 1. The van der Waals surface area contributed by atoms with E-state index < -0.39 is 11.5 Å². The van der Waals surface area contributed by atoms with Gasteiger partial charge in [-0.1, -0.05) is 6.92 Å². The van der Waals surface area contributed by atoms with Crippen LogP contribution in [0.2, 0.25) is 0 Å². The molecule has 1 unspecified atom stereocenters. The predicted octanol–water partition coefficient (Wildman–Crippen LogP) is 3.22. The Bertz CT molecular complexity index is 402. The minimum absolute atomic E-state index is 0.0289. The van der Waals surface area contributed by atoms with Crippen LogP contribution in [0.15, 0.2) is 12.5 Å². The Balaban J connectivity index is 2.08. The molecule has 0 amide bonds. The molecule has 1 aliphatic carbocycles. The molecule has 2 N–H and O–H groups in total. The summed E-state index contributed by atoms with van der Waals surface area (Å²) in [6.45, 7) is 3.95. The van der Waals surface area contributed by atoms with Gasteiger partial charge in [0.05, 0.1) is 17.6 Å². The molecule has 1 heterocycles. The lowest BCUT2D eigenvalue weighted by Gasteiger charge is -2.29. The molecule has 1 fully saturated rings. The molecule has 1 atom stereocenters. The Morgan fingerprint density at radius 3 is 2.67 bits per heavy atom. The molecular weight excluding hydrogens is 236 g/mol. The molecule has 18 heavy (non-hydrogen) atoms. The van der Waals surface area contributed by atoms with Gasteiger partial charge in [-0.3, -0.25) is 0 Å². The summed E-state index contributed by atoms with van der Waals surface area (Å²) >= 11 is 0. The molecule has 1 saturated carbocycles. The summed E-state index contributed by atoms with van der Waals surface area (Å²) in [5.41, 5.74) is 6.52. The number of halogens is 2. The third kappa shape index (κ3) is 2.71. The Morgan fingerprint density at radius 2 is 2.11 bits per heavy atom. The van der Waals surface area contributed by atoms with Gasteiger partial charge in [-0.05, 0) is 26.2 Å². The van der Waals surface area contributed by atoms with Crippen LogP contribution < -0.4 is 5.73 Å². The van der Waals surface area contributed by atoms with E-state index in [2.05, 4.69) is 4.98 Å². The lowest BCUT2D eigenvalue weighted by molar-refractivity contribution is -0.0439. The van der Waals surface area contributed by atoms with Gasteiger partial charge in [0.1, 0.15) is 0 Å². The average Bonchev–Trinajstić information content (AvgIpc) is 2.79. The molecule has 0 spiro atoms. The van der Waals surface area contributed by atoms with E-state index in [4.69, 9.17) is 5.73 Å². The van der Waals surface area contributed by atoms with Gasteiger partial charge >= 0.3 is 0 Å².